The van der Waals surface area contributed by atoms with Crippen LogP contribution in [0.15, 0.2) is 54.6 Å². The Morgan fingerprint density at radius 2 is 1.79 bits per heavy atom. The third kappa shape index (κ3) is 5.97. The maximum Gasteiger partial charge on any atom is 0.180 e. The second-order valence-electron chi connectivity index (χ2n) is 6.92. The summed E-state index contributed by atoms with van der Waals surface area (Å²) in [5.74, 6) is 1.53. The Bertz CT molecular complexity index is 1200. The van der Waals surface area contributed by atoms with Crippen LogP contribution in [0.1, 0.15) is 23.6 Å². The van der Waals surface area contributed by atoms with Crippen molar-refractivity contribution in [3.05, 3.63) is 82.1 Å². The highest BCUT2D eigenvalue weighted by molar-refractivity contribution is 6.32. The molecule has 0 aliphatic rings. The first-order valence-electron chi connectivity index (χ1n) is 10.2. The lowest BCUT2D eigenvalue weighted by molar-refractivity contribution is 0.269. The molecule has 3 rings (SSSR count). The molecule has 0 aliphatic heterocycles. The Kier molecular flexibility index (Phi) is 8.17. The molecule has 0 N–H and O–H groups in total. The van der Waals surface area contributed by atoms with E-state index in [1.807, 2.05) is 6.92 Å². The van der Waals surface area contributed by atoms with E-state index in [-0.39, 0.29) is 12.4 Å². The molecule has 0 aliphatic carbocycles. The van der Waals surface area contributed by atoms with Crippen molar-refractivity contribution in [2.75, 3.05) is 20.8 Å². The van der Waals surface area contributed by atoms with Crippen LogP contribution in [0.25, 0.3) is 11.6 Å². The molecule has 33 heavy (non-hydrogen) atoms. The van der Waals surface area contributed by atoms with Crippen LogP contribution < -0.4 is 18.9 Å². The third-order valence-electron chi connectivity index (χ3n) is 4.73. The molecule has 0 saturated heterocycles. The lowest BCUT2D eigenvalue weighted by atomic mass is 10.0. The fraction of sp³-hybridized carbons (Fsp3) is 0.192. The molecule has 0 saturated carbocycles. The second-order valence-corrected chi connectivity index (χ2v) is 7.33. The summed E-state index contributed by atoms with van der Waals surface area (Å²) in [7, 11) is 3.09. The largest absolute Gasteiger partial charge is 0.493 e. The van der Waals surface area contributed by atoms with Gasteiger partial charge in [0.2, 0.25) is 0 Å². The number of allylic oxidation sites excluding steroid dienone is 1. The topological polar surface area (TPSA) is 60.7 Å². The zero-order chi connectivity index (χ0) is 23.8. The van der Waals surface area contributed by atoms with E-state index in [1.165, 1.54) is 19.2 Å². The van der Waals surface area contributed by atoms with E-state index in [9.17, 15) is 9.65 Å². The van der Waals surface area contributed by atoms with Crippen LogP contribution in [0.5, 0.6) is 23.0 Å². The highest BCUT2D eigenvalue weighted by Crippen LogP contribution is 2.38. The average molecular weight is 468 g/mol. The van der Waals surface area contributed by atoms with Crippen LogP contribution in [0.2, 0.25) is 5.02 Å². The van der Waals surface area contributed by atoms with E-state index < -0.39 is 0 Å². The maximum atomic E-state index is 13.5. The molecular weight excluding hydrogens is 445 g/mol. The molecule has 170 valence electrons. The number of benzene rings is 3. The van der Waals surface area contributed by atoms with Crippen molar-refractivity contribution in [3.63, 3.8) is 0 Å². The molecule has 3 aromatic carbocycles. The standard InChI is InChI=1S/C26H23ClFNO4/c1-4-32-25-13-18(10-20(15-29)19-8-9-23(30-2)24(14-19)31-3)12-22(27)26(25)33-16-17-6-5-7-21(28)11-17/h5-14H,4,16H2,1-3H3/b20-10+. The fourth-order valence-corrected chi connectivity index (χ4v) is 3.48. The van der Waals surface area contributed by atoms with Crippen molar-refractivity contribution >= 4 is 23.3 Å². The Morgan fingerprint density at radius 3 is 2.45 bits per heavy atom. The molecule has 0 fully saturated rings. The lowest BCUT2D eigenvalue weighted by Crippen LogP contribution is -2.01. The number of hydrogen-bond donors (Lipinski definition) is 0. The number of methoxy groups -OCH3 is 2. The van der Waals surface area contributed by atoms with E-state index in [0.29, 0.717) is 56.9 Å². The minimum Gasteiger partial charge on any atom is -0.493 e. The maximum absolute atomic E-state index is 13.5. The summed E-state index contributed by atoms with van der Waals surface area (Å²) < 4.78 is 35.6. The van der Waals surface area contributed by atoms with Gasteiger partial charge in [-0.25, -0.2) is 4.39 Å². The number of nitriles is 1. The molecule has 0 amide bonds. The van der Waals surface area contributed by atoms with Crippen molar-refractivity contribution in [2.45, 2.75) is 13.5 Å². The van der Waals surface area contributed by atoms with Gasteiger partial charge >= 0.3 is 0 Å². The van der Waals surface area contributed by atoms with Crippen molar-refractivity contribution in [3.8, 4) is 29.1 Å². The first kappa shape index (κ1) is 24.0. The van der Waals surface area contributed by atoms with Gasteiger partial charge in [0.15, 0.2) is 23.0 Å². The van der Waals surface area contributed by atoms with E-state index in [4.69, 9.17) is 30.5 Å². The van der Waals surface area contributed by atoms with Crippen LogP contribution in [0, 0.1) is 17.1 Å². The molecule has 0 bridgehead atoms. The highest BCUT2D eigenvalue weighted by Gasteiger charge is 2.14. The zero-order valence-corrected chi connectivity index (χ0v) is 19.3. The van der Waals surface area contributed by atoms with Gasteiger partial charge in [0.1, 0.15) is 12.4 Å². The number of halogens is 2. The van der Waals surface area contributed by atoms with Crippen LogP contribution in [-0.2, 0) is 6.61 Å². The van der Waals surface area contributed by atoms with Gasteiger partial charge in [0.25, 0.3) is 0 Å². The summed E-state index contributed by atoms with van der Waals surface area (Å²) in [6.07, 6.45) is 1.70. The van der Waals surface area contributed by atoms with E-state index in [0.717, 1.165) is 0 Å². The normalized spacial score (nSPS) is 11.0. The molecule has 0 radical (unpaired) electrons. The van der Waals surface area contributed by atoms with Gasteiger partial charge in [0, 0.05) is 0 Å². The minimum absolute atomic E-state index is 0.127. The van der Waals surface area contributed by atoms with Crippen molar-refractivity contribution in [1.29, 1.82) is 5.26 Å². The highest BCUT2D eigenvalue weighted by atomic mass is 35.5. The number of nitrogens with zero attached hydrogens (tertiary/aromatic N) is 1. The zero-order valence-electron chi connectivity index (χ0n) is 18.5. The third-order valence-corrected chi connectivity index (χ3v) is 5.01. The first-order chi connectivity index (χ1) is 16.0. The fourth-order valence-electron chi connectivity index (χ4n) is 3.21. The van der Waals surface area contributed by atoms with Crippen molar-refractivity contribution in [1.82, 2.24) is 0 Å². The number of rotatable bonds is 9. The summed E-state index contributed by atoms with van der Waals surface area (Å²) in [5.41, 5.74) is 2.39. The molecule has 0 unspecified atom stereocenters. The summed E-state index contributed by atoms with van der Waals surface area (Å²) in [4.78, 5) is 0. The van der Waals surface area contributed by atoms with Crippen LogP contribution in [-0.4, -0.2) is 20.8 Å². The lowest BCUT2D eigenvalue weighted by Gasteiger charge is -2.15. The minimum atomic E-state index is -0.341. The Morgan fingerprint density at radius 1 is 1.00 bits per heavy atom. The van der Waals surface area contributed by atoms with Crippen LogP contribution in [0.4, 0.5) is 4.39 Å². The van der Waals surface area contributed by atoms with Gasteiger partial charge in [-0.3, -0.25) is 0 Å². The van der Waals surface area contributed by atoms with Gasteiger partial charge in [-0.15, -0.1) is 0 Å². The number of ether oxygens (including phenoxy) is 4. The molecule has 0 heterocycles. The molecule has 3 aromatic rings. The molecular formula is C26H23ClFNO4. The predicted molar refractivity (Wildman–Crippen MR) is 126 cm³/mol. The quantitative estimate of drug-likeness (QED) is 0.264. The Hall–Kier alpha value is -3.69. The summed E-state index contributed by atoms with van der Waals surface area (Å²) >= 11 is 6.50. The van der Waals surface area contributed by atoms with Crippen molar-refractivity contribution < 1.29 is 23.3 Å². The molecule has 7 heteroatoms. The van der Waals surface area contributed by atoms with E-state index in [1.54, 1.807) is 55.7 Å². The summed E-state index contributed by atoms with van der Waals surface area (Å²) in [6, 6.07) is 17.0. The van der Waals surface area contributed by atoms with Crippen LogP contribution >= 0.6 is 11.6 Å². The van der Waals surface area contributed by atoms with Crippen LogP contribution in [0.3, 0.4) is 0 Å². The summed E-state index contributed by atoms with van der Waals surface area (Å²) in [5, 5.41) is 10.1. The second kappa shape index (κ2) is 11.3. The van der Waals surface area contributed by atoms with Gasteiger partial charge in [-0.1, -0.05) is 23.7 Å². The van der Waals surface area contributed by atoms with Gasteiger partial charge in [0.05, 0.1) is 37.5 Å². The molecule has 0 aromatic heterocycles. The molecule has 0 atom stereocenters. The smallest absolute Gasteiger partial charge is 0.180 e. The number of hydrogen-bond acceptors (Lipinski definition) is 5. The van der Waals surface area contributed by atoms with Gasteiger partial charge < -0.3 is 18.9 Å². The Labute approximate surface area is 197 Å². The Balaban J connectivity index is 1.94. The predicted octanol–water partition coefficient (Wildman–Crippen LogP) is 6.54. The van der Waals surface area contributed by atoms with Gasteiger partial charge in [-0.05, 0) is 72.2 Å². The van der Waals surface area contributed by atoms with Gasteiger partial charge in [-0.2, -0.15) is 5.26 Å². The summed E-state index contributed by atoms with van der Waals surface area (Å²) in [6.45, 7) is 2.36. The SMILES string of the molecule is CCOc1cc(/C=C(\C#N)c2ccc(OC)c(OC)c2)cc(Cl)c1OCc1cccc(F)c1. The first-order valence-corrected chi connectivity index (χ1v) is 10.5. The average Bonchev–Trinajstić information content (AvgIpc) is 2.81. The molecule has 5 nitrogen and oxygen atoms in total. The van der Waals surface area contributed by atoms with E-state index in [2.05, 4.69) is 6.07 Å². The van der Waals surface area contributed by atoms with Crippen molar-refractivity contribution in [2.24, 2.45) is 0 Å². The monoisotopic (exact) mass is 467 g/mol. The van der Waals surface area contributed by atoms with E-state index >= 15 is 0 Å². The molecule has 0 spiro atoms.